The van der Waals surface area contributed by atoms with Gasteiger partial charge in [-0.3, -0.25) is 14.5 Å². The second kappa shape index (κ2) is 9.28. The van der Waals surface area contributed by atoms with E-state index in [1.807, 2.05) is 27.9 Å². The van der Waals surface area contributed by atoms with Gasteiger partial charge in [-0.2, -0.15) is 0 Å². The lowest BCUT2D eigenvalue weighted by molar-refractivity contribution is 0.0502. The number of hydrogen-bond acceptors (Lipinski definition) is 5. The van der Waals surface area contributed by atoms with E-state index < -0.39 is 0 Å². The van der Waals surface area contributed by atoms with E-state index in [-0.39, 0.29) is 12.0 Å². The topological polar surface area (TPSA) is 73.1 Å². The highest BCUT2D eigenvalue weighted by Gasteiger charge is 2.26. The van der Waals surface area contributed by atoms with Gasteiger partial charge in [0.15, 0.2) is 5.69 Å². The van der Waals surface area contributed by atoms with Crippen LogP contribution >= 0.6 is 0 Å². The first-order valence-electron chi connectivity index (χ1n) is 10.5. The zero-order valence-corrected chi connectivity index (χ0v) is 16.4. The fourth-order valence-corrected chi connectivity index (χ4v) is 4.24. The normalized spacial score (nSPS) is 20.4. The van der Waals surface area contributed by atoms with Gasteiger partial charge in [-0.15, -0.1) is 5.10 Å². The van der Waals surface area contributed by atoms with E-state index in [4.69, 9.17) is 4.74 Å². The van der Waals surface area contributed by atoms with E-state index in [2.05, 4.69) is 15.3 Å². The maximum atomic E-state index is 13.2. The molecule has 4 rings (SSSR count). The van der Waals surface area contributed by atoms with Crippen LogP contribution in [0.5, 0.6) is 0 Å². The molecule has 1 aliphatic carbocycles. The number of hydrogen-bond donors (Lipinski definition) is 0. The highest BCUT2D eigenvalue weighted by molar-refractivity contribution is 5.91. The minimum absolute atomic E-state index is 0.0813. The Hall–Kier alpha value is -2.28. The van der Waals surface area contributed by atoms with Gasteiger partial charge in [0.2, 0.25) is 0 Å². The molecule has 28 heavy (non-hydrogen) atoms. The maximum Gasteiger partial charge on any atom is 0.276 e. The lowest BCUT2D eigenvalue weighted by Crippen LogP contribution is -2.37. The summed E-state index contributed by atoms with van der Waals surface area (Å²) in [4.78, 5) is 19.1. The van der Waals surface area contributed by atoms with Crippen LogP contribution in [0.1, 0.15) is 61.0 Å². The minimum atomic E-state index is -0.0813. The standard InChI is InChI=1S/C21H29N5O2/c27-21(20-16-26(24-23-20)14-17-5-2-1-3-6-17)25(15-19-7-4-12-28-19)13-18-8-10-22-11-9-18/h8-11,16-17,19H,1-7,12-15H2/t19-/m0/s1. The van der Waals surface area contributed by atoms with E-state index in [1.165, 1.54) is 32.1 Å². The molecule has 7 heteroatoms. The highest BCUT2D eigenvalue weighted by Crippen LogP contribution is 2.25. The summed E-state index contributed by atoms with van der Waals surface area (Å²) in [7, 11) is 0. The first kappa shape index (κ1) is 19.1. The number of amides is 1. The Balaban J connectivity index is 1.44. The van der Waals surface area contributed by atoms with Crippen molar-refractivity contribution in [3.63, 3.8) is 0 Å². The molecule has 7 nitrogen and oxygen atoms in total. The Labute approximate surface area is 166 Å². The molecule has 2 aromatic heterocycles. The Kier molecular flexibility index (Phi) is 6.31. The molecule has 0 radical (unpaired) electrons. The van der Waals surface area contributed by atoms with Crippen LogP contribution in [0, 0.1) is 5.92 Å². The number of carbonyl (C=O) groups is 1. The SMILES string of the molecule is O=C(c1cn(CC2CCCCC2)nn1)N(Cc1ccncc1)C[C@@H]1CCCO1. The second-order valence-electron chi connectivity index (χ2n) is 8.01. The van der Waals surface area contributed by atoms with Crippen molar-refractivity contribution in [1.82, 2.24) is 24.9 Å². The van der Waals surface area contributed by atoms with Crippen LogP contribution in [0.25, 0.3) is 0 Å². The first-order chi connectivity index (χ1) is 13.8. The van der Waals surface area contributed by atoms with E-state index >= 15 is 0 Å². The summed E-state index contributed by atoms with van der Waals surface area (Å²) in [5.74, 6) is 0.570. The van der Waals surface area contributed by atoms with Crippen molar-refractivity contribution in [3.05, 3.63) is 42.0 Å². The van der Waals surface area contributed by atoms with Gasteiger partial charge in [0.05, 0.1) is 12.3 Å². The quantitative estimate of drug-likeness (QED) is 0.735. The van der Waals surface area contributed by atoms with Crippen LogP contribution < -0.4 is 0 Å². The van der Waals surface area contributed by atoms with Gasteiger partial charge in [0, 0.05) is 38.6 Å². The van der Waals surface area contributed by atoms with Gasteiger partial charge in [0.1, 0.15) is 0 Å². The van der Waals surface area contributed by atoms with Crippen LogP contribution in [0.4, 0.5) is 0 Å². The number of rotatable bonds is 7. The highest BCUT2D eigenvalue weighted by atomic mass is 16.5. The maximum absolute atomic E-state index is 13.2. The predicted molar refractivity (Wildman–Crippen MR) is 105 cm³/mol. The van der Waals surface area contributed by atoms with Crippen molar-refractivity contribution in [2.45, 2.75) is 64.1 Å². The summed E-state index contributed by atoms with van der Waals surface area (Å²) in [6.45, 7) is 2.74. The van der Waals surface area contributed by atoms with Crippen LogP contribution in [0.2, 0.25) is 0 Å². The summed E-state index contributed by atoms with van der Waals surface area (Å²) in [5, 5.41) is 8.42. The van der Waals surface area contributed by atoms with Gasteiger partial charge in [0.25, 0.3) is 5.91 Å². The third-order valence-electron chi connectivity index (χ3n) is 5.79. The van der Waals surface area contributed by atoms with Gasteiger partial charge < -0.3 is 9.64 Å². The molecule has 3 heterocycles. The van der Waals surface area contributed by atoms with Gasteiger partial charge >= 0.3 is 0 Å². The van der Waals surface area contributed by atoms with E-state index in [0.29, 0.717) is 24.7 Å². The van der Waals surface area contributed by atoms with E-state index in [9.17, 15) is 4.79 Å². The van der Waals surface area contributed by atoms with Crippen molar-refractivity contribution >= 4 is 5.91 Å². The van der Waals surface area contributed by atoms with Crippen molar-refractivity contribution in [1.29, 1.82) is 0 Å². The summed E-state index contributed by atoms with van der Waals surface area (Å²) in [6.07, 6.45) is 13.9. The summed E-state index contributed by atoms with van der Waals surface area (Å²) in [5.41, 5.74) is 1.47. The molecule has 1 amide bonds. The zero-order chi connectivity index (χ0) is 19.2. The molecular formula is C21H29N5O2. The zero-order valence-electron chi connectivity index (χ0n) is 16.4. The lowest BCUT2D eigenvalue weighted by Gasteiger charge is -2.24. The van der Waals surface area contributed by atoms with E-state index in [0.717, 1.165) is 31.6 Å². The molecule has 2 aromatic rings. The first-order valence-corrected chi connectivity index (χ1v) is 10.5. The average molecular weight is 383 g/mol. The van der Waals surface area contributed by atoms with Crippen molar-refractivity contribution < 1.29 is 9.53 Å². The molecule has 150 valence electrons. The average Bonchev–Trinajstić information content (AvgIpc) is 3.41. The largest absolute Gasteiger partial charge is 0.376 e. The van der Waals surface area contributed by atoms with Gasteiger partial charge in [-0.1, -0.05) is 24.5 Å². The van der Waals surface area contributed by atoms with Crippen LogP contribution in [-0.4, -0.2) is 50.0 Å². The fourth-order valence-electron chi connectivity index (χ4n) is 4.24. The number of pyridine rings is 1. The van der Waals surface area contributed by atoms with Crippen molar-refractivity contribution in [2.75, 3.05) is 13.2 Å². The molecule has 1 atom stereocenters. The number of aromatic nitrogens is 4. The Morgan fingerprint density at radius 2 is 1.96 bits per heavy atom. The summed E-state index contributed by atoms with van der Waals surface area (Å²) >= 11 is 0. The smallest absolute Gasteiger partial charge is 0.276 e. The Bertz CT molecular complexity index is 751. The third kappa shape index (κ3) is 4.95. The molecular weight excluding hydrogens is 354 g/mol. The molecule has 1 aliphatic heterocycles. The molecule has 0 N–H and O–H groups in total. The lowest BCUT2D eigenvalue weighted by atomic mass is 9.89. The molecule has 0 unspecified atom stereocenters. The number of carbonyl (C=O) groups excluding carboxylic acids is 1. The predicted octanol–water partition coefficient (Wildman–Crippen LogP) is 3.07. The van der Waals surface area contributed by atoms with Crippen LogP contribution in [0.15, 0.2) is 30.7 Å². The Morgan fingerprint density at radius 3 is 2.71 bits per heavy atom. The molecule has 1 saturated carbocycles. The summed E-state index contributed by atoms with van der Waals surface area (Å²) in [6, 6.07) is 3.88. The Morgan fingerprint density at radius 1 is 1.14 bits per heavy atom. The molecule has 2 aliphatic rings. The third-order valence-corrected chi connectivity index (χ3v) is 5.79. The van der Waals surface area contributed by atoms with Gasteiger partial charge in [-0.25, -0.2) is 0 Å². The van der Waals surface area contributed by atoms with Crippen LogP contribution in [0.3, 0.4) is 0 Å². The fraction of sp³-hybridized carbons (Fsp3) is 0.619. The second-order valence-corrected chi connectivity index (χ2v) is 8.01. The van der Waals surface area contributed by atoms with Gasteiger partial charge in [-0.05, 0) is 49.3 Å². The van der Waals surface area contributed by atoms with E-state index in [1.54, 1.807) is 12.4 Å². The molecule has 2 fully saturated rings. The van der Waals surface area contributed by atoms with Crippen molar-refractivity contribution in [2.24, 2.45) is 5.92 Å². The minimum Gasteiger partial charge on any atom is -0.376 e. The number of ether oxygens (including phenoxy) is 1. The molecule has 0 bridgehead atoms. The summed E-state index contributed by atoms with van der Waals surface area (Å²) < 4.78 is 7.61. The number of nitrogens with zero attached hydrogens (tertiary/aromatic N) is 5. The molecule has 1 saturated heterocycles. The van der Waals surface area contributed by atoms with Crippen LogP contribution in [-0.2, 0) is 17.8 Å². The monoisotopic (exact) mass is 383 g/mol. The van der Waals surface area contributed by atoms with Crippen molar-refractivity contribution in [3.8, 4) is 0 Å². The molecule has 0 spiro atoms. The molecule has 0 aromatic carbocycles.